The summed E-state index contributed by atoms with van der Waals surface area (Å²) in [6.45, 7) is 2.17. The molecule has 1 aromatic rings. The highest BCUT2D eigenvalue weighted by Crippen LogP contribution is 2.41. The molecule has 4 heteroatoms. The minimum atomic E-state index is -0.281. The monoisotopic (exact) mass is 301 g/mol. The predicted molar refractivity (Wildman–Crippen MR) is 71.7 cm³/mol. The Kier molecular flexibility index (Phi) is 3.93. The summed E-state index contributed by atoms with van der Waals surface area (Å²) in [4.78, 5) is 4.12. The van der Waals surface area contributed by atoms with Crippen molar-refractivity contribution in [2.24, 2.45) is 0 Å². The third kappa shape index (κ3) is 2.79. The molecule has 0 amide bonds. The van der Waals surface area contributed by atoms with Crippen LogP contribution in [0.1, 0.15) is 25.3 Å². The van der Waals surface area contributed by atoms with Crippen LogP contribution in [0.15, 0.2) is 22.9 Å². The zero-order valence-corrected chi connectivity index (χ0v) is 11.7. The second-order valence-electron chi connectivity index (χ2n) is 4.50. The highest BCUT2D eigenvalue weighted by atomic mass is 79.9. The number of hydrogen-bond acceptors (Lipinski definition) is 3. The summed E-state index contributed by atoms with van der Waals surface area (Å²) in [5.41, 5.74) is 1.09. The quantitative estimate of drug-likeness (QED) is 0.931. The van der Waals surface area contributed by atoms with Crippen molar-refractivity contribution < 1.29 is 5.11 Å². The van der Waals surface area contributed by atoms with Crippen LogP contribution >= 0.6 is 27.7 Å². The van der Waals surface area contributed by atoms with Gasteiger partial charge in [-0.3, -0.25) is 4.98 Å². The van der Waals surface area contributed by atoms with E-state index in [4.69, 9.17) is 0 Å². The molecule has 1 aromatic heterocycles. The molecule has 1 saturated heterocycles. The first-order valence-corrected chi connectivity index (χ1v) is 7.29. The molecule has 0 spiro atoms. The summed E-state index contributed by atoms with van der Waals surface area (Å²) in [6.07, 6.45) is 6.33. The van der Waals surface area contributed by atoms with E-state index in [0.717, 1.165) is 16.5 Å². The summed E-state index contributed by atoms with van der Waals surface area (Å²) in [5.74, 6) is 1.17. The molecular formula is C12H16BrNOS. The molecule has 1 aliphatic rings. The van der Waals surface area contributed by atoms with E-state index < -0.39 is 0 Å². The fourth-order valence-electron chi connectivity index (χ4n) is 2.07. The molecule has 0 aromatic carbocycles. The number of pyridine rings is 1. The van der Waals surface area contributed by atoms with E-state index in [0.29, 0.717) is 6.42 Å². The maximum atomic E-state index is 10.3. The van der Waals surface area contributed by atoms with Gasteiger partial charge in [0.25, 0.3) is 0 Å². The van der Waals surface area contributed by atoms with Crippen LogP contribution < -0.4 is 0 Å². The van der Waals surface area contributed by atoms with Crippen molar-refractivity contribution in [3.63, 3.8) is 0 Å². The van der Waals surface area contributed by atoms with Gasteiger partial charge in [0.05, 0.1) is 6.10 Å². The fourth-order valence-corrected chi connectivity index (χ4v) is 3.80. The zero-order valence-electron chi connectivity index (χ0n) is 9.32. The lowest BCUT2D eigenvalue weighted by molar-refractivity contribution is 0.133. The van der Waals surface area contributed by atoms with E-state index >= 15 is 0 Å². The maximum absolute atomic E-state index is 10.3. The molecule has 2 nitrogen and oxygen atoms in total. The molecule has 0 aliphatic carbocycles. The van der Waals surface area contributed by atoms with E-state index in [1.807, 2.05) is 24.0 Å². The Morgan fingerprint density at radius 1 is 1.62 bits per heavy atom. The minimum Gasteiger partial charge on any atom is -0.391 e. The number of aliphatic hydroxyl groups excluding tert-OH is 1. The van der Waals surface area contributed by atoms with Gasteiger partial charge in [-0.15, -0.1) is 0 Å². The number of thioether (sulfide) groups is 1. The first-order valence-electron chi connectivity index (χ1n) is 5.52. The van der Waals surface area contributed by atoms with Gasteiger partial charge in [-0.25, -0.2) is 0 Å². The SMILES string of the molecule is CC1(C(O)Cc2cncc(Br)c2)CCCS1. The molecule has 88 valence electrons. The topological polar surface area (TPSA) is 33.1 Å². The first-order chi connectivity index (χ1) is 7.60. The molecular weight excluding hydrogens is 286 g/mol. The van der Waals surface area contributed by atoms with Gasteiger partial charge in [0.2, 0.25) is 0 Å². The fraction of sp³-hybridized carbons (Fsp3) is 0.583. The van der Waals surface area contributed by atoms with E-state index in [9.17, 15) is 5.11 Å². The normalized spacial score (nSPS) is 26.9. The molecule has 1 aliphatic heterocycles. The van der Waals surface area contributed by atoms with Crippen LogP contribution in [0.3, 0.4) is 0 Å². The van der Waals surface area contributed by atoms with Gasteiger partial charge >= 0.3 is 0 Å². The minimum absolute atomic E-state index is 0.0301. The van der Waals surface area contributed by atoms with Crippen LogP contribution in [0.25, 0.3) is 0 Å². The van der Waals surface area contributed by atoms with Gasteiger partial charge in [0.1, 0.15) is 0 Å². The van der Waals surface area contributed by atoms with Crippen molar-refractivity contribution in [2.45, 2.75) is 37.0 Å². The van der Waals surface area contributed by atoms with E-state index in [-0.39, 0.29) is 10.9 Å². The predicted octanol–water partition coefficient (Wildman–Crippen LogP) is 3.03. The Labute approximate surface area is 109 Å². The highest BCUT2D eigenvalue weighted by molar-refractivity contribution is 9.10. The number of aliphatic hydroxyl groups is 1. The van der Waals surface area contributed by atoms with Crippen molar-refractivity contribution >= 4 is 27.7 Å². The van der Waals surface area contributed by atoms with Crippen molar-refractivity contribution in [2.75, 3.05) is 5.75 Å². The van der Waals surface area contributed by atoms with Crippen LogP contribution in [0.4, 0.5) is 0 Å². The van der Waals surface area contributed by atoms with Crippen LogP contribution in [0.5, 0.6) is 0 Å². The number of hydrogen-bond donors (Lipinski definition) is 1. The second-order valence-corrected chi connectivity index (χ2v) is 7.04. The van der Waals surface area contributed by atoms with Gasteiger partial charge in [0, 0.05) is 28.0 Å². The standard InChI is InChI=1S/C12H16BrNOS/c1-12(3-2-4-16-12)11(15)6-9-5-10(13)8-14-7-9/h5,7-8,11,15H,2-4,6H2,1H3. The Bertz CT molecular complexity index is 366. The average Bonchev–Trinajstić information content (AvgIpc) is 2.66. The number of nitrogens with zero attached hydrogens (tertiary/aromatic N) is 1. The van der Waals surface area contributed by atoms with E-state index in [1.54, 1.807) is 6.20 Å². The Morgan fingerprint density at radius 3 is 3.06 bits per heavy atom. The van der Waals surface area contributed by atoms with Crippen molar-refractivity contribution in [3.8, 4) is 0 Å². The van der Waals surface area contributed by atoms with Gasteiger partial charge in [0.15, 0.2) is 0 Å². The number of rotatable bonds is 3. The molecule has 0 bridgehead atoms. The molecule has 1 fully saturated rings. The lowest BCUT2D eigenvalue weighted by Gasteiger charge is -2.29. The molecule has 2 rings (SSSR count). The number of halogens is 1. The smallest absolute Gasteiger partial charge is 0.0724 e. The molecule has 16 heavy (non-hydrogen) atoms. The van der Waals surface area contributed by atoms with Gasteiger partial charge < -0.3 is 5.11 Å². The van der Waals surface area contributed by atoms with Gasteiger partial charge in [-0.05, 0) is 53.1 Å². The lowest BCUT2D eigenvalue weighted by atomic mass is 9.94. The van der Waals surface area contributed by atoms with Gasteiger partial charge in [-0.1, -0.05) is 0 Å². The Balaban J connectivity index is 2.04. The molecule has 2 atom stereocenters. The molecule has 2 unspecified atom stereocenters. The van der Waals surface area contributed by atoms with Crippen molar-refractivity contribution in [1.29, 1.82) is 0 Å². The summed E-state index contributed by atoms with van der Waals surface area (Å²) in [5, 5.41) is 10.3. The molecule has 0 saturated carbocycles. The maximum Gasteiger partial charge on any atom is 0.0724 e. The number of aromatic nitrogens is 1. The zero-order chi connectivity index (χ0) is 11.6. The third-order valence-corrected chi connectivity index (χ3v) is 5.21. The van der Waals surface area contributed by atoms with Crippen molar-refractivity contribution in [1.82, 2.24) is 4.98 Å². The first kappa shape index (κ1) is 12.4. The Morgan fingerprint density at radius 2 is 2.44 bits per heavy atom. The van der Waals surface area contributed by atoms with Crippen molar-refractivity contribution in [3.05, 3.63) is 28.5 Å². The van der Waals surface area contributed by atoms with Gasteiger partial charge in [-0.2, -0.15) is 11.8 Å². The van der Waals surface area contributed by atoms with Crippen LogP contribution in [-0.4, -0.2) is 26.7 Å². The van der Waals surface area contributed by atoms with E-state index in [1.165, 1.54) is 12.2 Å². The summed E-state index contributed by atoms with van der Waals surface area (Å²) in [6, 6.07) is 2.03. The second kappa shape index (κ2) is 5.07. The largest absolute Gasteiger partial charge is 0.391 e. The highest BCUT2D eigenvalue weighted by Gasteiger charge is 2.36. The summed E-state index contributed by atoms with van der Waals surface area (Å²) in [7, 11) is 0. The van der Waals surface area contributed by atoms with E-state index in [2.05, 4.69) is 27.8 Å². The lowest BCUT2D eigenvalue weighted by Crippen LogP contribution is -2.35. The Hall–Kier alpha value is -0.0600. The molecule has 2 heterocycles. The van der Waals surface area contributed by atoms with Crippen LogP contribution in [0, 0.1) is 0 Å². The van der Waals surface area contributed by atoms with Crippen LogP contribution in [-0.2, 0) is 6.42 Å². The molecule has 1 N–H and O–H groups in total. The summed E-state index contributed by atoms with van der Waals surface area (Å²) < 4.78 is 1.00. The third-order valence-electron chi connectivity index (χ3n) is 3.14. The average molecular weight is 302 g/mol. The van der Waals surface area contributed by atoms with Crippen LogP contribution in [0.2, 0.25) is 0 Å². The summed E-state index contributed by atoms with van der Waals surface area (Å²) >= 11 is 5.29. The molecule has 0 radical (unpaired) electrons.